The van der Waals surface area contributed by atoms with Crippen LogP contribution < -0.4 is 5.32 Å². The van der Waals surface area contributed by atoms with Crippen LogP contribution in [0.3, 0.4) is 0 Å². The highest BCUT2D eigenvalue weighted by atomic mass is 16.2. The topological polar surface area (TPSA) is 67.2 Å². The van der Waals surface area contributed by atoms with Gasteiger partial charge in [0.05, 0.1) is 0 Å². The number of anilines is 1. The number of fused-ring (bicyclic) bond motifs is 1. The minimum absolute atomic E-state index is 0.0940. The molecule has 0 radical (unpaired) electrons. The third-order valence-corrected chi connectivity index (χ3v) is 4.81. The van der Waals surface area contributed by atoms with Crippen molar-refractivity contribution in [3.63, 3.8) is 0 Å². The smallest absolute Gasteiger partial charge is 0.276 e. The Labute approximate surface area is 163 Å². The maximum absolute atomic E-state index is 13.0. The average Bonchev–Trinajstić information content (AvgIpc) is 3.06. The molecule has 2 amide bonds. The molecule has 1 aliphatic rings. The van der Waals surface area contributed by atoms with Crippen molar-refractivity contribution >= 4 is 17.5 Å². The summed E-state index contributed by atoms with van der Waals surface area (Å²) in [5.41, 5.74) is 3.57. The van der Waals surface area contributed by atoms with E-state index >= 15 is 0 Å². The van der Waals surface area contributed by atoms with Gasteiger partial charge in [0.25, 0.3) is 11.8 Å². The van der Waals surface area contributed by atoms with E-state index in [9.17, 15) is 9.59 Å². The molecule has 0 fully saturated rings. The molecule has 6 heteroatoms. The largest absolute Gasteiger partial charge is 0.333 e. The molecule has 0 bridgehead atoms. The monoisotopic (exact) mass is 374 g/mol. The molecular formula is C22H22N4O2. The average molecular weight is 374 g/mol. The third-order valence-electron chi connectivity index (χ3n) is 4.81. The molecular weight excluding hydrogens is 352 g/mol. The van der Waals surface area contributed by atoms with Crippen LogP contribution in [0.15, 0.2) is 60.7 Å². The molecule has 1 aromatic heterocycles. The maximum Gasteiger partial charge on any atom is 0.276 e. The van der Waals surface area contributed by atoms with Gasteiger partial charge in [0.15, 0.2) is 5.69 Å². The lowest BCUT2D eigenvalue weighted by Gasteiger charge is -2.20. The predicted molar refractivity (Wildman–Crippen MR) is 107 cm³/mol. The van der Waals surface area contributed by atoms with Crippen LogP contribution in [0.25, 0.3) is 0 Å². The van der Waals surface area contributed by atoms with E-state index in [1.807, 2.05) is 66.4 Å². The predicted octanol–water partition coefficient (Wildman–Crippen LogP) is 3.49. The van der Waals surface area contributed by atoms with Crippen molar-refractivity contribution < 1.29 is 9.59 Å². The Kier molecular flexibility index (Phi) is 4.93. The standard InChI is InChI=1S/C22H22N4O2/c1-16-7-5-10-18(13-16)23-21(27)19-14-20-22(28)25(11-6-12-26(20)24-19)15-17-8-3-2-4-9-17/h2-5,7-10,13-14H,6,11-12,15H2,1H3,(H,23,27). The summed E-state index contributed by atoms with van der Waals surface area (Å²) in [4.78, 5) is 27.4. The zero-order chi connectivity index (χ0) is 19.5. The highest BCUT2D eigenvalue weighted by Crippen LogP contribution is 2.18. The molecule has 1 N–H and O–H groups in total. The Hall–Kier alpha value is -3.41. The number of carbonyl (C=O) groups excluding carboxylic acids is 2. The number of hydrogen-bond donors (Lipinski definition) is 1. The van der Waals surface area contributed by atoms with E-state index in [1.165, 1.54) is 0 Å². The molecule has 0 saturated heterocycles. The Bertz CT molecular complexity index is 1010. The van der Waals surface area contributed by atoms with Crippen LogP contribution in [0.1, 0.15) is 38.5 Å². The van der Waals surface area contributed by atoms with Crippen LogP contribution in [-0.2, 0) is 13.1 Å². The minimum Gasteiger partial charge on any atom is -0.333 e. The summed E-state index contributed by atoms with van der Waals surface area (Å²) in [6.07, 6.45) is 0.798. The molecule has 6 nitrogen and oxygen atoms in total. The Balaban J connectivity index is 1.53. The summed E-state index contributed by atoms with van der Waals surface area (Å²) in [7, 11) is 0. The summed E-state index contributed by atoms with van der Waals surface area (Å²) < 4.78 is 1.65. The number of benzene rings is 2. The molecule has 2 aromatic carbocycles. The number of aryl methyl sites for hydroxylation is 2. The lowest BCUT2D eigenvalue weighted by molar-refractivity contribution is 0.0745. The number of carbonyl (C=O) groups is 2. The van der Waals surface area contributed by atoms with E-state index in [0.29, 0.717) is 31.0 Å². The number of amides is 2. The van der Waals surface area contributed by atoms with Crippen LogP contribution in [0.5, 0.6) is 0 Å². The van der Waals surface area contributed by atoms with Gasteiger partial charge in [-0.2, -0.15) is 5.10 Å². The van der Waals surface area contributed by atoms with Crippen LogP contribution in [-0.4, -0.2) is 33.0 Å². The van der Waals surface area contributed by atoms with Crippen LogP contribution >= 0.6 is 0 Å². The molecule has 28 heavy (non-hydrogen) atoms. The lowest BCUT2D eigenvalue weighted by atomic mass is 10.2. The number of nitrogens with one attached hydrogen (secondary N) is 1. The van der Waals surface area contributed by atoms with Crippen molar-refractivity contribution in [2.24, 2.45) is 0 Å². The first kappa shape index (κ1) is 18.0. The summed E-state index contributed by atoms with van der Waals surface area (Å²) in [6, 6.07) is 19.1. The Morgan fingerprint density at radius 1 is 1.07 bits per heavy atom. The van der Waals surface area contributed by atoms with Crippen LogP contribution in [0.2, 0.25) is 0 Å². The van der Waals surface area contributed by atoms with Gasteiger partial charge in [0, 0.05) is 31.4 Å². The zero-order valence-corrected chi connectivity index (χ0v) is 15.8. The number of aromatic nitrogens is 2. The molecule has 4 rings (SSSR count). The summed E-state index contributed by atoms with van der Waals surface area (Å²) in [5, 5.41) is 7.23. The van der Waals surface area contributed by atoms with Gasteiger partial charge < -0.3 is 10.2 Å². The molecule has 142 valence electrons. The van der Waals surface area contributed by atoms with E-state index in [1.54, 1.807) is 10.7 Å². The fraction of sp³-hybridized carbons (Fsp3) is 0.227. The highest BCUT2D eigenvalue weighted by molar-refractivity contribution is 6.04. The van der Waals surface area contributed by atoms with Crippen molar-refractivity contribution in [3.8, 4) is 0 Å². The normalized spacial score (nSPS) is 13.8. The Morgan fingerprint density at radius 2 is 1.89 bits per heavy atom. The van der Waals surface area contributed by atoms with E-state index < -0.39 is 0 Å². The number of hydrogen-bond acceptors (Lipinski definition) is 3. The quantitative estimate of drug-likeness (QED) is 0.760. The molecule has 0 saturated carbocycles. The van der Waals surface area contributed by atoms with Gasteiger partial charge in [-0.3, -0.25) is 14.3 Å². The second kappa shape index (κ2) is 7.68. The van der Waals surface area contributed by atoms with Crippen molar-refractivity contribution in [2.45, 2.75) is 26.4 Å². The van der Waals surface area contributed by atoms with Gasteiger partial charge in [0.2, 0.25) is 0 Å². The second-order valence-electron chi connectivity index (χ2n) is 7.03. The molecule has 3 aromatic rings. The number of nitrogens with zero attached hydrogens (tertiary/aromatic N) is 3. The highest BCUT2D eigenvalue weighted by Gasteiger charge is 2.26. The molecule has 1 aliphatic heterocycles. The van der Waals surface area contributed by atoms with E-state index in [0.717, 1.165) is 17.5 Å². The molecule has 0 unspecified atom stereocenters. The lowest BCUT2D eigenvalue weighted by Crippen LogP contribution is -2.30. The van der Waals surface area contributed by atoms with Crippen LogP contribution in [0.4, 0.5) is 5.69 Å². The van der Waals surface area contributed by atoms with Gasteiger partial charge in [-0.25, -0.2) is 0 Å². The minimum atomic E-state index is -0.311. The third kappa shape index (κ3) is 3.81. The van der Waals surface area contributed by atoms with Gasteiger partial charge in [-0.15, -0.1) is 0 Å². The van der Waals surface area contributed by atoms with Crippen molar-refractivity contribution in [1.29, 1.82) is 0 Å². The van der Waals surface area contributed by atoms with Gasteiger partial charge in [0.1, 0.15) is 5.69 Å². The van der Waals surface area contributed by atoms with Crippen molar-refractivity contribution in [2.75, 3.05) is 11.9 Å². The van der Waals surface area contributed by atoms with Gasteiger partial charge in [-0.1, -0.05) is 42.5 Å². The first-order valence-corrected chi connectivity index (χ1v) is 9.39. The molecule has 0 aliphatic carbocycles. The van der Waals surface area contributed by atoms with Crippen molar-refractivity contribution in [3.05, 3.63) is 83.2 Å². The van der Waals surface area contributed by atoms with Crippen LogP contribution in [0, 0.1) is 6.92 Å². The fourth-order valence-electron chi connectivity index (χ4n) is 3.42. The zero-order valence-electron chi connectivity index (χ0n) is 15.8. The summed E-state index contributed by atoms with van der Waals surface area (Å²) in [5.74, 6) is -0.406. The van der Waals surface area contributed by atoms with Gasteiger partial charge >= 0.3 is 0 Å². The van der Waals surface area contributed by atoms with E-state index in [-0.39, 0.29) is 17.5 Å². The molecule has 0 spiro atoms. The second-order valence-corrected chi connectivity index (χ2v) is 7.03. The van der Waals surface area contributed by atoms with Gasteiger partial charge in [-0.05, 0) is 36.6 Å². The van der Waals surface area contributed by atoms with E-state index in [2.05, 4.69) is 10.4 Å². The maximum atomic E-state index is 13.0. The summed E-state index contributed by atoms with van der Waals surface area (Å²) in [6.45, 7) is 3.80. The molecule has 0 atom stereocenters. The number of rotatable bonds is 4. The fourth-order valence-corrected chi connectivity index (χ4v) is 3.42. The Morgan fingerprint density at radius 3 is 2.68 bits per heavy atom. The first-order chi connectivity index (χ1) is 13.6. The van der Waals surface area contributed by atoms with Crippen molar-refractivity contribution in [1.82, 2.24) is 14.7 Å². The first-order valence-electron chi connectivity index (χ1n) is 9.39. The molecule has 2 heterocycles. The SMILES string of the molecule is Cc1cccc(NC(=O)c2cc3n(n2)CCCN(Cc2ccccc2)C3=O)c1. The summed E-state index contributed by atoms with van der Waals surface area (Å²) >= 11 is 0. The van der Waals surface area contributed by atoms with E-state index in [4.69, 9.17) is 0 Å².